The van der Waals surface area contributed by atoms with Crippen LogP contribution in [0, 0.1) is 0 Å². The first-order valence-corrected chi connectivity index (χ1v) is 10.5. The summed E-state index contributed by atoms with van der Waals surface area (Å²) in [7, 11) is 0. The second-order valence-corrected chi connectivity index (χ2v) is 10.9. The predicted octanol–water partition coefficient (Wildman–Crippen LogP) is -0.447. The summed E-state index contributed by atoms with van der Waals surface area (Å²) in [5.41, 5.74) is 6.12. The summed E-state index contributed by atoms with van der Waals surface area (Å²) in [6.07, 6.45) is 3.79. The fraction of sp³-hybridized carbons (Fsp3) is 0.600. The Kier molecular flexibility index (Phi) is 5.38. The Morgan fingerprint density at radius 2 is 2.04 bits per heavy atom. The molecule has 0 spiro atoms. The van der Waals surface area contributed by atoms with Crippen LogP contribution in [0.5, 0.6) is 0 Å². The molecule has 0 aromatic rings. The molecule has 1 saturated heterocycles. The minimum absolute atomic E-state index is 0.182. The number of nitrogens with zero attached hydrogens (tertiary/aromatic N) is 2. The molecule has 0 amide bonds. The van der Waals surface area contributed by atoms with Gasteiger partial charge in [0, 0.05) is 11.8 Å². The highest BCUT2D eigenvalue weighted by Crippen LogP contribution is 2.38. The van der Waals surface area contributed by atoms with Crippen molar-refractivity contribution in [2.45, 2.75) is 31.0 Å². The zero-order chi connectivity index (χ0) is 17.4. The SMILES string of the molecule is C=C1N=C(N)C(CO)=CN1[C@@H]1O[C@H](CCP(=C)(C)C)[C@@H](O)[C@H]1O. The molecule has 0 saturated carbocycles. The normalized spacial score (nSPS) is 32.0. The van der Waals surface area contributed by atoms with Crippen molar-refractivity contribution >= 4 is 19.0 Å². The van der Waals surface area contributed by atoms with Gasteiger partial charge in [0.25, 0.3) is 0 Å². The van der Waals surface area contributed by atoms with E-state index >= 15 is 0 Å². The summed E-state index contributed by atoms with van der Waals surface area (Å²) in [4.78, 5) is 5.55. The summed E-state index contributed by atoms with van der Waals surface area (Å²) < 4.78 is 5.84. The number of nitrogens with two attached hydrogens (primary N) is 1. The Bertz CT molecular complexity index is 583. The first-order chi connectivity index (χ1) is 10.6. The van der Waals surface area contributed by atoms with Gasteiger partial charge in [-0.15, -0.1) is 13.2 Å². The molecule has 0 radical (unpaired) electrons. The van der Waals surface area contributed by atoms with Crippen molar-refractivity contribution in [1.82, 2.24) is 4.90 Å². The van der Waals surface area contributed by atoms with Crippen molar-refractivity contribution in [3.05, 3.63) is 24.2 Å². The average molecular weight is 343 g/mol. The summed E-state index contributed by atoms with van der Waals surface area (Å²) >= 11 is 0. The molecule has 23 heavy (non-hydrogen) atoms. The molecule has 0 bridgehead atoms. The standard InChI is InChI=1S/C15H26N3O4P/c1-9-17-14(16)10(8-19)7-18(9)15-13(21)12(20)11(22-15)5-6-23(2,3)4/h7,11-13,15,19-21H,1-2,5-6,8H2,3-4H3,(H2,16,17)/t11-,12-,13-,15-/m1/s1. The van der Waals surface area contributed by atoms with Crippen LogP contribution in [0.15, 0.2) is 29.2 Å². The highest BCUT2D eigenvalue weighted by molar-refractivity contribution is 7.72. The van der Waals surface area contributed by atoms with Crippen LogP contribution in [-0.2, 0) is 4.74 Å². The van der Waals surface area contributed by atoms with Gasteiger partial charge in [-0.1, -0.05) is 6.58 Å². The fourth-order valence-corrected chi connectivity index (χ4v) is 3.55. The van der Waals surface area contributed by atoms with E-state index in [9.17, 15) is 15.3 Å². The Morgan fingerprint density at radius 1 is 1.39 bits per heavy atom. The van der Waals surface area contributed by atoms with Crippen LogP contribution >= 0.6 is 6.89 Å². The Hall–Kier alpha value is -1.11. The van der Waals surface area contributed by atoms with Gasteiger partial charge in [0.05, 0.1) is 12.7 Å². The minimum atomic E-state index is -1.24. The molecule has 0 unspecified atom stereocenters. The Balaban J connectivity index is 2.13. The summed E-state index contributed by atoms with van der Waals surface area (Å²) in [6, 6.07) is 0. The number of amidine groups is 1. The van der Waals surface area contributed by atoms with Crippen LogP contribution < -0.4 is 5.73 Å². The van der Waals surface area contributed by atoms with Crippen molar-refractivity contribution in [2.24, 2.45) is 10.7 Å². The molecule has 130 valence electrons. The van der Waals surface area contributed by atoms with Gasteiger partial charge < -0.3 is 30.7 Å². The van der Waals surface area contributed by atoms with E-state index in [-0.39, 0.29) is 12.4 Å². The highest BCUT2D eigenvalue weighted by Gasteiger charge is 2.45. The summed E-state index contributed by atoms with van der Waals surface area (Å²) in [5.74, 6) is 0.475. The Labute approximate surface area is 136 Å². The third-order valence-corrected chi connectivity index (χ3v) is 5.44. The van der Waals surface area contributed by atoms with E-state index in [2.05, 4.69) is 31.2 Å². The van der Waals surface area contributed by atoms with Crippen LogP contribution in [0.3, 0.4) is 0 Å². The van der Waals surface area contributed by atoms with Gasteiger partial charge in [0.1, 0.15) is 23.9 Å². The van der Waals surface area contributed by atoms with Crippen molar-refractivity contribution in [3.8, 4) is 0 Å². The van der Waals surface area contributed by atoms with E-state index in [1.54, 1.807) is 6.20 Å². The number of aliphatic hydroxyl groups excluding tert-OH is 3. The van der Waals surface area contributed by atoms with E-state index in [1.165, 1.54) is 4.90 Å². The van der Waals surface area contributed by atoms with Gasteiger partial charge in [-0.2, -0.15) is 0 Å². The molecule has 5 N–H and O–H groups in total. The molecule has 2 aliphatic rings. The number of hydrogen-bond donors (Lipinski definition) is 4. The third-order valence-electron chi connectivity index (χ3n) is 3.97. The van der Waals surface area contributed by atoms with E-state index in [0.29, 0.717) is 17.8 Å². The molecule has 0 aromatic heterocycles. The fourth-order valence-electron chi connectivity index (χ4n) is 2.59. The van der Waals surface area contributed by atoms with Crippen LogP contribution in [0.1, 0.15) is 6.42 Å². The monoisotopic (exact) mass is 343 g/mol. The lowest BCUT2D eigenvalue weighted by Crippen LogP contribution is -2.43. The van der Waals surface area contributed by atoms with Crippen LogP contribution in [-0.4, -0.2) is 83.0 Å². The molecular formula is C15H26N3O4P. The molecule has 4 atom stereocenters. The number of ether oxygens (including phenoxy) is 1. The summed E-state index contributed by atoms with van der Waals surface area (Å²) in [5, 5.41) is 29.9. The molecule has 2 heterocycles. The predicted molar refractivity (Wildman–Crippen MR) is 93.8 cm³/mol. The number of hydrogen-bond acceptors (Lipinski definition) is 7. The lowest BCUT2D eigenvalue weighted by atomic mass is 10.1. The van der Waals surface area contributed by atoms with Gasteiger partial charge in [-0.25, -0.2) is 4.99 Å². The molecule has 0 aliphatic carbocycles. The van der Waals surface area contributed by atoms with Gasteiger partial charge in [0.15, 0.2) is 6.23 Å². The van der Waals surface area contributed by atoms with Gasteiger partial charge >= 0.3 is 0 Å². The molecule has 1 fully saturated rings. The van der Waals surface area contributed by atoms with E-state index in [1.807, 2.05) is 0 Å². The minimum Gasteiger partial charge on any atom is -0.391 e. The van der Waals surface area contributed by atoms with E-state index in [4.69, 9.17) is 10.5 Å². The van der Waals surface area contributed by atoms with Crippen molar-refractivity contribution in [3.63, 3.8) is 0 Å². The summed E-state index contributed by atoms with van der Waals surface area (Å²) in [6.45, 7) is 6.49. The van der Waals surface area contributed by atoms with Gasteiger partial charge in [-0.05, 0) is 25.9 Å². The van der Waals surface area contributed by atoms with Crippen LogP contribution in [0.2, 0.25) is 0 Å². The Morgan fingerprint density at radius 3 is 2.61 bits per heavy atom. The van der Waals surface area contributed by atoms with Gasteiger partial charge in [0.2, 0.25) is 0 Å². The van der Waals surface area contributed by atoms with E-state index in [0.717, 1.165) is 6.16 Å². The molecule has 2 rings (SSSR count). The zero-order valence-corrected chi connectivity index (χ0v) is 14.5. The molecule has 0 aromatic carbocycles. The molecule has 2 aliphatic heterocycles. The number of rotatable bonds is 5. The van der Waals surface area contributed by atoms with Crippen LogP contribution in [0.25, 0.3) is 0 Å². The zero-order valence-electron chi connectivity index (χ0n) is 13.6. The first kappa shape index (κ1) is 18.2. The first-order valence-electron chi connectivity index (χ1n) is 7.46. The van der Waals surface area contributed by atoms with Crippen molar-refractivity contribution in [1.29, 1.82) is 0 Å². The van der Waals surface area contributed by atoms with Crippen LogP contribution in [0.4, 0.5) is 0 Å². The number of aliphatic hydroxyl groups is 3. The molecule has 8 heteroatoms. The van der Waals surface area contributed by atoms with Crippen molar-refractivity contribution < 1.29 is 20.1 Å². The molecule has 7 nitrogen and oxygen atoms in total. The lowest BCUT2D eigenvalue weighted by Gasteiger charge is -2.32. The molecular weight excluding hydrogens is 317 g/mol. The average Bonchev–Trinajstić information content (AvgIpc) is 2.73. The topological polar surface area (TPSA) is 112 Å². The highest BCUT2D eigenvalue weighted by atomic mass is 31.2. The lowest BCUT2D eigenvalue weighted by molar-refractivity contribution is -0.0582. The quantitative estimate of drug-likeness (QED) is 0.503. The largest absolute Gasteiger partial charge is 0.391 e. The maximum absolute atomic E-state index is 10.3. The van der Waals surface area contributed by atoms with Gasteiger partial charge in [-0.3, -0.25) is 0 Å². The number of aliphatic imine (C=N–C) groups is 1. The third kappa shape index (κ3) is 4.05. The smallest absolute Gasteiger partial charge is 0.164 e. The van der Waals surface area contributed by atoms with E-state index < -0.39 is 31.4 Å². The van der Waals surface area contributed by atoms with Crippen molar-refractivity contribution in [2.75, 3.05) is 26.1 Å². The maximum Gasteiger partial charge on any atom is 0.164 e. The maximum atomic E-state index is 10.3. The second-order valence-electron chi connectivity index (χ2n) is 6.63. The second kappa shape index (κ2) is 6.79.